The maximum absolute atomic E-state index is 11.8. The minimum Gasteiger partial charge on any atom is -0.434 e. The van der Waals surface area contributed by atoms with E-state index in [1.807, 2.05) is 0 Å². The van der Waals surface area contributed by atoms with Gasteiger partial charge in [-0.2, -0.15) is 0 Å². The van der Waals surface area contributed by atoms with E-state index in [-0.39, 0.29) is 0 Å². The van der Waals surface area contributed by atoms with Gasteiger partial charge in [0.1, 0.15) is 0 Å². The van der Waals surface area contributed by atoms with Crippen LogP contribution in [0, 0.1) is 0 Å². The molecule has 0 radical (unpaired) electrons. The molecular weight excluding hydrogens is 460 g/mol. The molecule has 0 N–H and O–H groups in total. The first kappa shape index (κ1) is 35.7. The molecule has 37 heavy (non-hydrogen) atoms. The van der Waals surface area contributed by atoms with Crippen LogP contribution < -0.4 is 0 Å². The number of carbonyl (C=O) groups excluding carboxylic acids is 2. The Morgan fingerprint density at radius 1 is 0.486 bits per heavy atom. The summed E-state index contributed by atoms with van der Waals surface area (Å²) in [5, 5.41) is 0. The van der Waals surface area contributed by atoms with Gasteiger partial charge in [-0.15, -0.1) is 0 Å². The van der Waals surface area contributed by atoms with Gasteiger partial charge < -0.3 is 9.47 Å². The fraction of sp³-hybridized carbons (Fsp3) is 0.879. The first-order valence-corrected chi connectivity index (χ1v) is 16.2. The third-order valence-electron chi connectivity index (χ3n) is 7.06. The van der Waals surface area contributed by atoms with Crippen LogP contribution in [0.3, 0.4) is 0 Å². The lowest BCUT2D eigenvalue weighted by Crippen LogP contribution is -2.14. The Bertz CT molecular complexity index is 514. The molecular formula is C33H62O4. The number of unbranched alkanes of at least 4 members (excludes halogenated alkanes) is 22. The van der Waals surface area contributed by atoms with Gasteiger partial charge in [-0.05, 0) is 38.5 Å². The van der Waals surface area contributed by atoms with Gasteiger partial charge in [-0.25, -0.2) is 4.79 Å². The lowest BCUT2D eigenvalue weighted by Gasteiger charge is -2.05. The Morgan fingerprint density at radius 2 is 0.865 bits per heavy atom. The van der Waals surface area contributed by atoms with Crippen LogP contribution in [0.4, 0.5) is 4.79 Å². The third kappa shape index (κ3) is 30.8. The van der Waals surface area contributed by atoms with Crippen LogP contribution in [0.15, 0.2) is 12.2 Å². The van der Waals surface area contributed by atoms with Crippen molar-refractivity contribution >= 4 is 12.1 Å². The van der Waals surface area contributed by atoms with E-state index in [0.29, 0.717) is 13.0 Å². The number of hydrogen-bond donors (Lipinski definition) is 0. The van der Waals surface area contributed by atoms with Crippen molar-refractivity contribution in [2.45, 2.75) is 181 Å². The highest BCUT2D eigenvalue weighted by atomic mass is 16.7. The Kier molecular flexibility index (Phi) is 29.8. The maximum Gasteiger partial charge on any atom is 0.516 e. The minimum absolute atomic E-state index is 0.297. The van der Waals surface area contributed by atoms with E-state index in [1.54, 1.807) is 0 Å². The van der Waals surface area contributed by atoms with Crippen molar-refractivity contribution in [3.05, 3.63) is 12.2 Å². The molecule has 0 aromatic carbocycles. The number of esters is 1. The van der Waals surface area contributed by atoms with E-state index in [0.717, 1.165) is 38.5 Å². The SMILES string of the molecule is CCCCCCCCC=CCCCCCCCC(=O)OC(=O)OCCCCCCCCCCCCCC. The topological polar surface area (TPSA) is 52.6 Å². The average Bonchev–Trinajstić information content (AvgIpc) is 2.89. The standard InChI is InChI=1S/C33H62O4/c1-3-5-7-9-11-13-15-17-18-19-20-22-24-26-28-30-32(34)37-33(35)36-31-29-27-25-23-21-16-14-12-10-8-6-4-2/h17-18H,3-16,19-31H2,1-2H3. The quantitative estimate of drug-likeness (QED) is 0.0443. The van der Waals surface area contributed by atoms with E-state index >= 15 is 0 Å². The third-order valence-corrected chi connectivity index (χ3v) is 7.06. The van der Waals surface area contributed by atoms with Gasteiger partial charge in [0, 0.05) is 6.42 Å². The Morgan fingerprint density at radius 3 is 1.32 bits per heavy atom. The number of allylic oxidation sites excluding steroid dienone is 2. The normalized spacial score (nSPS) is 11.3. The van der Waals surface area contributed by atoms with Crippen molar-refractivity contribution in [2.24, 2.45) is 0 Å². The van der Waals surface area contributed by atoms with Gasteiger partial charge in [0.15, 0.2) is 0 Å². The van der Waals surface area contributed by atoms with E-state index in [2.05, 4.69) is 26.0 Å². The molecule has 0 aliphatic rings. The largest absolute Gasteiger partial charge is 0.516 e. The molecule has 218 valence electrons. The van der Waals surface area contributed by atoms with Gasteiger partial charge in [-0.1, -0.05) is 148 Å². The summed E-state index contributed by atoms with van der Waals surface area (Å²) in [5.74, 6) is -0.461. The van der Waals surface area contributed by atoms with Crippen molar-refractivity contribution in [1.29, 1.82) is 0 Å². The van der Waals surface area contributed by atoms with Crippen LogP contribution in [0.1, 0.15) is 181 Å². The molecule has 0 atom stereocenters. The summed E-state index contributed by atoms with van der Waals surface area (Å²) in [5.41, 5.74) is 0. The fourth-order valence-electron chi connectivity index (χ4n) is 4.61. The maximum atomic E-state index is 11.8. The van der Waals surface area contributed by atoms with Crippen LogP contribution in [0.5, 0.6) is 0 Å². The zero-order valence-electron chi connectivity index (χ0n) is 24.9. The highest BCUT2D eigenvalue weighted by molar-refractivity contribution is 5.81. The minimum atomic E-state index is -0.833. The Balaban J connectivity index is 3.33. The second-order valence-electron chi connectivity index (χ2n) is 10.8. The highest BCUT2D eigenvalue weighted by Crippen LogP contribution is 2.13. The number of ether oxygens (including phenoxy) is 2. The van der Waals surface area contributed by atoms with Crippen LogP contribution in [-0.2, 0) is 14.3 Å². The van der Waals surface area contributed by atoms with Gasteiger partial charge in [0.25, 0.3) is 0 Å². The van der Waals surface area contributed by atoms with E-state index in [9.17, 15) is 9.59 Å². The second kappa shape index (κ2) is 30.9. The van der Waals surface area contributed by atoms with Crippen LogP contribution in [-0.4, -0.2) is 18.7 Å². The molecule has 4 nitrogen and oxygen atoms in total. The lowest BCUT2D eigenvalue weighted by atomic mass is 10.1. The van der Waals surface area contributed by atoms with Crippen molar-refractivity contribution < 1.29 is 19.1 Å². The lowest BCUT2D eigenvalue weighted by molar-refractivity contribution is -0.139. The molecule has 0 unspecified atom stereocenters. The average molecular weight is 523 g/mol. The monoisotopic (exact) mass is 522 g/mol. The summed E-state index contributed by atoms with van der Waals surface area (Å²) >= 11 is 0. The molecule has 0 saturated heterocycles. The molecule has 0 bridgehead atoms. The van der Waals surface area contributed by atoms with Gasteiger partial charge in [0.05, 0.1) is 6.61 Å². The van der Waals surface area contributed by atoms with Crippen molar-refractivity contribution in [1.82, 2.24) is 0 Å². The van der Waals surface area contributed by atoms with Crippen LogP contribution in [0.2, 0.25) is 0 Å². The summed E-state index contributed by atoms with van der Waals surface area (Å²) in [7, 11) is 0. The molecule has 0 aromatic heterocycles. The Hall–Kier alpha value is -1.32. The summed E-state index contributed by atoms with van der Waals surface area (Å²) < 4.78 is 9.81. The molecule has 0 aliphatic heterocycles. The van der Waals surface area contributed by atoms with Crippen LogP contribution in [0.25, 0.3) is 0 Å². The number of rotatable bonds is 28. The van der Waals surface area contributed by atoms with Gasteiger partial charge in [-0.3, -0.25) is 4.79 Å². The molecule has 0 fully saturated rings. The summed E-state index contributed by atoms with van der Waals surface area (Å²) in [4.78, 5) is 23.4. The van der Waals surface area contributed by atoms with E-state index < -0.39 is 12.1 Å². The van der Waals surface area contributed by atoms with Gasteiger partial charge >= 0.3 is 12.1 Å². The van der Waals surface area contributed by atoms with Crippen LogP contribution >= 0.6 is 0 Å². The summed E-state index contributed by atoms with van der Waals surface area (Å²) in [6.45, 7) is 4.86. The van der Waals surface area contributed by atoms with Crippen molar-refractivity contribution in [3.8, 4) is 0 Å². The summed E-state index contributed by atoms with van der Waals surface area (Å²) in [6.07, 6.45) is 35.2. The zero-order chi connectivity index (χ0) is 27.1. The first-order valence-electron chi connectivity index (χ1n) is 16.2. The molecule has 0 aliphatic carbocycles. The molecule has 0 spiro atoms. The molecule has 4 heteroatoms. The molecule has 0 heterocycles. The first-order chi connectivity index (χ1) is 18.2. The summed E-state index contributed by atoms with van der Waals surface area (Å²) in [6, 6.07) is 0. The molecule has 0 amide bonds. The fourth-order valence-corrected chi connectivity index (χ4v) is 4.61. The predicted octanol–water partition coefficient (Wildman–Crippen LogP) is 11.4. The van der Waals surface area contributed by atoms with Gasteiger partial charge in [0.2, 0.25) is 0 Å². The second-order valence-corrected chi connectivity index (χ2v) is 10.8. The number of hydrogen-bond acceptors (Lipinski definition) is 4. The highest BCUT2D eigenvalue weighted by Gasteiger charge is 2.11. The number of carbonyl (C=O) groups is 2. The van der Waals surface area contributed by atoms with E-state index in [4.69, 9.17) is 9.47 Å². The smallest absolute Gasteiger partial charge is 0.434 e. The predicted molar refractivity (Wildman–Crippen MR) is 158 cm³/mol. The zero-order valence-corrected chi connectivity index (χ0v) is 24.9. The molecule has 0 saturated carbocycles. The molecule has 0 aromatic rings. The van der Waals surface area contributed by atoms with Crippen molar-refractivity contribution in [2.75, 3.05) is 6.61 Å². The molecule has 0 rings (SSSR count). The van der Waals surface area contributed by atoms with E-state index in [1.165, 1.54) is 122 Å². The Labute approximate surface area is 230 Å². The van der Waals surface area contributed by atoms with Crippen molar-refractivity contribution in [3.63, 3.8) is 0 Å².